The summed E-state index contributed by atoms with van der Waals surface area (Å²) in [5, 5.41) is 2.66. The Balaban J connectivity index is 1.98. The second kappa shape index (κ2) is 6.67. The van der Waals surface area contributed by atoms with Crippen LogP contribution in [-0.4, -0.2) is 12.0 Å². The smallest absolute Gasteiger partial charge is 0.265 e. The first-order valence-electron chi connectivity index (χ1n) is 6.14. The molecule has 0 aliphatic carbocycles. The summed E-state index contributed by atoms with van der Waals surface area (Å²) in [6.07, 6.45) is -0.849. The molecule has 1 atom stereocenters. The van der Waals surface area contributed by atoms with Gasteiger partial charge in [0.2, 0.25) is 0 Å². The summed E-state index contributed by atoms with van der Waals surface area (Å²) in [4.78, 5) is 11.9. The lowest BCUT2D eigenvalue weighted by molar-refractivity contribution is -0.122. The van der Waals surface area contributed by atoms with Gasteiger partial charge in [-0.15, -0.1) is 0 Å². The van der Waals surface area contributed by atoms with Crippen LogP contribution < -0.4 is 10.1 Å². The van der Waals surface area contributed by atoms with E-state index in [0.717, 1.165) is 16.6 Å². The van der Waals surface area contributed by atoms with Crippen LogP contribution in [0.4, 0.5) is 14.5 Å². The Morgan fingerprint density at radius 3 is 2.43 bits per heavy atom. The lowest BCUT2D eigenvalue weighted by Crippen LogP contribution is -2.30. The first-order chi connectivity index (χ1) is 9.95. The van der Waals surface area contributed by atoms with Gasteiger partial charge < -0.3 is 10.1 Å². The molecular weight excluding hydrogens is 344 g/mol. The molecule has 0 aliphatic heterocycles. The molecule has 0 unspecified atom stereocenters. The Morgan fingerprint density at radius 2 is 1.81 bits per heavy atom. The fourth-order valence-corrected chi connectivity index (χ4v) is 1.85. The zero-order valence-electron chi connectivity index (χ0n) is 11.1. The number of rotatable bonds is 4. The minimum atomic E-state index is -1.02. The van der Waals surface area contributed by atoms with Gasteiger partial charge in [0.05, 0.1) is 0 Å². The molecule has 2 rings (SSSR count). The molecule has 1 amide bonds. The van der Waals surface area contributed by atoms with Crippen molar-refractivity contribution >= 4 is 27.5 Å². The molecule has 21 heavy (non-hydrogen) atoms. The fourth-order valence-electron chi connectivity index (χ4n) is 1.58. The third-order valence-corrected chi connectivity index (χ3v) is 3.21. The van der Waals surface area contributed by atoms with Gasteiger partial charge in [-0.05, 0) is 43.3 Å². The summed E-state index contributed by atoms with van der Waals surface area (Å²) in [5.41, 5.74) is 0.615. The minimum Gasteiger partial charge on any atom is -0.481 e. The van der Waals surface area contributed by atoms with Gasteiger partial charge in [0, 0.05) is 16.2 Å². The Kier molecular flexibility index (Phi) is 4.90. The highest BCUT2D eigenvalue weighted by atomic mass is 79.9. The number of carbonyl (C=O) groups excluding carboxylic acids is 1. The van der Waals surface area contributed by atoms with Crippen LogP contribution in [0.25, 0.3) is 0 Å². The third-order valence-electron chi connectivity index (χ3n) is 2.68. The molecule has 6 heteroatoms. The van der Waals surface area contributed by atoms with Crippen LogP contribution in [0.1, 0.15) is 6.92 Å². The molecule has 0 radical (unpaired) electrons. The van der Waals surface area contributed by atoms with Gasteiger partial charge in [-0.2, -0.15) is 0 Å². The van der Waals surface area contributed by atoms with Crippen LogP contribution in [0.3, 0.4) is 0 Å². The number of benzene rings is 2. The van der Waals surface area contributed by atoms with E-state index in [0.29, 0.717) is 5.69 Å². The monoisotopic (exact) mass is 355 g/mol. The zero-order chi connectivity index (χ0) is 15.4. The molecule has 0 aliphatic rings. The van der Waals surface area contributed by atoms with Crippen molar-refractivity contribution in [2.75, 3.05) is 5.32 Å². The number of hydrogen-bond acceptors (Lipinski definition) is 2. The number of anilines is 1. The maximum atomic E-state index is 13.1. The average molecular weight is 356 g/mol. The maximum absolute atomic E-state index is 13.1. The number of hydrogen-bond donors (Lipinski definition) is 1. The van der Waals surface area contributed by atoms with Crippen LogP contribution >= 0.6 is 15.9 Å². The zero-order valence-corrected chi connectivity index (χ0v) is 12.7. The van der Waals surface area contributed by atoms with E-state index in [9.17, 15) is 13.6 Å². The topological polar surface area (TPSA) is 38.3 Å². The average Bonchev–Trinajstić information content (AvgIpc) is 2.45. The van der Waals surface area contributed by atoms with E-state index in [1.165, 1.54) is 13.0 Å². The molecule has 110 valence electrons. The van der Waals surface area contributed by atoms with E-state index in [-0.39, 0.29) is 11.7 Å². The molecule has 0 aromatic heterocycles. The summed E-state index contributed by atoms with van der Waals surface area (Å²) in [6.45, 7) is 1.52. The van der Waals surface area contributed by atoms with Gasteiger partial charge in [0.15, 0.2) is 17.7 Å². The van der Waals surface area contributed by atoms with Crippen LogP contribution in [-0.2, 0) is 4.79 Å². The highest BCUT2D eigenvalue weighted by Gasteiger charge is 2.15. The van der Waals surface area contributed by atoms with E-state index in [4.69, 9.17) is 4.74 Å². The Morgan fingerprint density at radius 1 is 1.14 bits per heavy atom. The van der Waals surface area contributed by atoms with Crippen molar-refractivity contribution in [1.82, 2.24) is 0 Å². The van der Waals surface area contributed by atoms with Crippen LogP contribution in [0.15, 0.2) is 46.9 Å². The Labute approximate surface area is 129 Å². The van der Waals surface area contributed by atoms with Gasteiger partial charge in [0.25, 0.3) is 5.91 Å². The van der Waals surface area contributed by atoms with Crippen molar-refractivity contribution in [3.05, 3.63) is 58.6 Å². The van der Waals surface area contributed by atoms with E-state index in [2.05, 4.69) is 21.2 Å². The van der Waals surface area contributed by atoms with Crippen molar-refractivity contribution in [2.24, 2.45) is 0 Å². The van der Waals surface area contributed by atoms with E-state index in [1.54, 1.807) is 24.3 Å². The van der Waals surface area contributed by atoms with Gasteiger partial charge in [-0.25, -0.2) is 8.78 Å². The summed E-state index contributed by atoms with van der Waals surface area (Å²) in [6, 6.07) is 10.1. The van der Waals surface area contributed by atoms with Crippen molar-refractivity contribution in [1.29, 1.82) is 0 Å². The second-order valence-electron chi connectivity index (χ2n) is 4.33. The number of carbonyl (C=O) groups is 1. The van der Waals surface area contributed by atoms with Crippen LogP contribution in [0.2, 0.25) is 0 Å². The molecule has 0 spiro atoms. The minimum absolute atomic E-state index is 0.0901. The SMILES string of the molecule is C[C@H](Oc1ccc(F)c(F)c1)C(=O)Nc1ccc(Br)cc1. The Bertz CT molecular complexity index is 647. The summed E-state index contributed by atoms with van der Waals surface area (Å²) in [7, 11) is 0. The molecule has 0 heterocycles. The quantitative estimate of drug-likeness (QED) is 0.895. The lowest BCUT2D eigenvalue weighted by Gasteiger charge is -2.15. The predicted octanol–water partition coefficient (Wildman–Crippen LogP) is 4.13. The standard InChI is InChI=1S/C15H12BrF2NO2/c1-9(21-12-6-7-13(17)14(18)8-12)15(20)19-11-4-2-10(16)3-5-11/h2-9H,1H3,(H,19,20)/t9-/m0/s1. The maximum Gasteiger partial charge on any atom is 0.265 e. The van der Waals surface area contributed by atoms with Crippen LogP contribution in [0.5, 0.6) is 5.75 Å². The summed E-state index contributed by atoms with van der Waals surface area (Å²) < 4.78 is 32.0. The van der Waals surface area contributed by atoms with Crippen molar-refractivity contribution in [2.45, 2.75) is 13.0 Å². The molecule has 0 fully saturated rings. The van der Waals surface area contributed by atoms with E-state index in [1.807, 2.05) is 0 Å². The lowest BCUT2D eigenvalue weighted by atomic mass is 10.3. The number of nitrogens with one attached hydrogen (secondary N) is 1. The van der Waals surface area contributed by atoms with E-state index < -0.39 is 17.7 Å². The van der Waals surface area contributed by atoms with Gasteiger partial charge in [-0.1, -0.05) is 15.9 Å². The summed E-state index contributed by atoms with van der Waals surface area (Å²) in [5.74, 6) is -2.28. The first-order valence-corrected chi connectivity index (χ1v) is 6.93. The number of amides is 1. The molecule has 3 nitrogen and oxygen atoms in total. The largest absolute Gasteiger partial charge is 0.481 e. The van der Waals surface area contributed by atoms with Crippen molar-refractivity contribution in [3.8, 4) is 5.75 Å². The van der Waals surface area contributed by atoms with Gasteiger partial charge in [0.1, 0.15) is 5.75 Å². The normalized spacial score (nSPS) is 11.8. The molecule has 0 bridgehead atoms. The second-order valence-corrected chi connectivity index (χ2v) is 5.25. The van der Waals surface area contributed by atoms with Crippen LogP contribution in [0, 0.1) is 11.6 Å². The highest BCUT2D eigenvalue weighted by molar-refractivity contribution is 9.10. The summed E-state index contributed by atoms with van der Waals surface area (Å²) >= 11 is 3.29. The molecule has 2 aromatic rings. The molecular formula is C15H12BrF2NO2. The molecule has 1 N–H and O–H groups in total. The molecule has 0 saturated carbocycles. The highest BCUT2D eigenvalue weighted by Crippen LogP contribution is 2.18. The van der Waals surface area contributed by atoms with Gasteiger partial charge in [-0.3, -0.25) is 4.79 Å². The third kappa shape index (κ3) is 4.26. The Hall–Kier alpha value is -1.95. The van der Waals surface area contributed by atoms with E-state index >= 15 is 0 Å². The predicted molar refractivity (Wildman–Crippen MR) is 79.2 cm³/mol. The fraction of sp³-hybridized carbons (Fsp3) is 0.133. The van der Waals surface area contributed by atoms with Crippen molar-refractivity contribution in [3.63, 3.8) is 0 Å². The van der Waals surface area contributed by atoms with Gasteiger partial charge >= 0.3 is 0 Å². The molecule has 2 aromatic carbocycles. The number of halogens is 3. The first kappa shape index (κ1) is 15.4. The van der Waals surface area contributed by atoms with Crippen molar-refractivity contribution < 1.29 is 18.3 Å². The molecule has 0 saturated heterocycles. The number of ether oxygens (including phenoxy) is 1.